The normalized spacial score (nSPS) is 11.5. The number of carbonyl (C=O) groups is 2. The molecule has 0 aliphatic rings. The molecule has 0 aromatic heterocycles. The fourth-order valence-corrected chi connectivity index (χ4v) is 2.64. The summed E-state index contributed by atoms with van der Waals surface area (Å²) >= 11 is 0. The maximum Gasteiger partial charge on any atom is 0.319 e. The Labute approximate surface area is 155 Å². The van der Waals surface area contributed by atoms with Crippen molar-refractivity contribution in [3.8, 4) is 0 Å². The van der Waals surface area contributed by atoms with Gasteiger partial charge in [0.1, 0.15) is 0 Å². The zero-order valence-electron chi connectivity index (χ0n) is 15.6. The van der Waals surface area contributed by atoms with Gasteiger partial charge in [-0.25, -0.2) is 4.79 Å². The fourth-order valence-electron chi connectivity index (χ4n) is 2.64. The summed E-state index contributed by atoms with van der Waals surface area (Å²) in [6, 6.07) is 13.1. The number of amides is 2. The van der Waals surface area contributed by atoms with E-state index in [0.29, 0.717) is 6.54 Å². The van der Waals surface area contributed by atoms with E-state index < -0.39 is 0 Å². The van der Waals surface area contributed by atoms with Crippen LogP contribution in [0.25, 0.3) is 0 Å². The van der Waals surface area contributed by atoms with Crippen LogP contribution in [0.1, 0.15) is 40.9 Å². The standard InChI is InChI=1S/C22H26N2O2/c1-5-16(4)21(25)20-12-9-17(13-18(20)6-2)14-23-22(26)24-19-10-7-15(3)8-11-19/h5,7-13,16H,1,6,14H2,2-4H3,(H2,23,24,26). The van der Waals surface area contributed by atoms with Crippen molar-refractivity contribution in [1.82, 2.24) is 5.32 Å². The first-order chi connectivity index (χ1) is 12.4. The van der Waals surface area contributed by atoms with Gasteiger partial charge in [-0.2, -0.15) is 0 Å². The van der Waals surface area contributed by atoms with Gasteiger partial charge in [-0.3, -0.25) is 4.79 Å². The molecule has 2 amide bonds. The molecule has 0 bridgehead atoms. The van der Waals surface area contributed by atoms with Crippen molar-refractivity contribution in [2.75, 3.05) is 5.32 Å². The zero-order valence-corrected chi connectivity index (χ0v) is 15.6. The molecule has 4 heteroatoms. The molecule has 4 nitrogen and oxygen atoms in total. The smallest absolute Gasteiger partial charge is 0.319 e. The monoisotopic (exact) mass is 350 g/mol. The van der Waals surface area contributed by atoms with Crippen LogP contribution >= 0.6 is 0 Å². The van der Waals surface area contributed by atoms with Crippen LogP contribution in [-0.2, 0) is 13.0 Å². The summed E-state index contributed by atoms with van der Waals surface area (Å²) in [5.74, 6) is -0.127. The Hall–Kier alpha value is -2.88. The van der Waals surface area contributed by atoms with Crippen LogP contribution in [0.5, 0.6) is 0 Å². The molecule has 0 fully saturated rings. The Kier molecular flexibility index (Phi) is 6.73. The number of aryl methyl sites for hydroxylation is 2. The average molecular weight is 350 g/mol. The molecule has 1 atom stereocenters. The van der Waals surface area contributed by atoms with Crippen molar-refractivity contribution in [1.29, 1.82) is 0 Å². The Morgan fingerprint density at radius 2 is 1.85 bits per heavy atom. The zero-order chi connectivity index (χ0) is 19.1. The lowest BCUT2D eigenvalue weighted by atomic mass is 9.93. The van der Waals surface area contributed by atoms with Gasteiger partial charge in [0.05, 0.1) is 0 Å². The molecule has 2 aromatic rings. The van der Waals surface area contributed by atoms with Gasteiger partial charge in [0.25, 0.3) is 0 Å². The molecule has 1 unspecified atom stereocenters. The predicted octanol–water partition coefficient (Wildman–Crippen LogP) is 4.88. The van der Waals surface area contributed by atoms with Crippen LogP contribution in [0.15, 0.2) is 55.1 Å². The van der Waals surface area contributed by atoms with E-state index in [0.717, 1.165) is 34.4 Å². The summed E-state index contributed by atoms with van der Waals surface area (Å²) in [5.41, 5.74) is 4.57. The number of benzene rings is 2. The highest BCUT2D eigenvalue weighted by atomic mass is 16.2. The number of rotatable bonds is 7. The third-order valence-corrected chi connectivity index (χ3v) is 4.35. The van der Waals surface area contributed by atoms with Gasteiger partial charge in [0, 0.05) is 23.7 Å². The van der Waals surface area contributed by atoms with Gasteiger partial charge in [-0.15, -0.1) is 6.58 Å². The van der Waals surface area contributed by atoms with Gasteiger partial charge in [0.2, 0.25) is 0 Å². The number of allylic oxidation sites excluding steroid dienone is 1. The number of Topliss-reactive ketones (excluding diaryl/α,β-unsaturated/α-hetero) is 1. The number of ketones is 1. The number of urea groups is 1. The first-order valence-corrected chi connectivity index (χ1v) is 8.84. The number of hydrogen-bond acceptors (Lipinski definition) is 2. The van der Waals surface area contributed by atoms with Crippen LogP contribution < -0.4 is 10.6 Å². The molecule has 0 saturated carbocycles. The molecule has 0 radical (unpaired) electrons. The number of nitrogens with one attached hydrogen (secondary N) is 2. The molecule has 2 rings (SSSR count). The third kappa shape index (κ3) is 5.06. The van der Waals surface area contributed by atoms with Crippen molar-refractivity contribution < 1.29 is 9.59 Å². The lowest BCUT2D eigenvalue weighted by Crippen LogP contribution is -2.28. The fraction of sp³-hybridized carbons (Fsp3) is 0.273. The second kappa shape index (κ2) is 8.99. The minimum Gasteiger partial charge on any atom is -0.334 e. The molecular weight excluding hydrogens is 324 g/mol. The van der Waals surface area contributed by atoms with Crippen molar-refractivity contribution in [3.05, 3.63) is 77.4 Å². The number of anilines is 1. The van der Waals surface area contributed by atoms with Gasteiger partial charge >= 0.3 is 6.03 Å². The van der Waals surface area contributed by atoms with Gasteiger partial charge in [-0.05, 0) is 36.6 Å². The van der Waals surface area contributed by atoms with E-state index in [1.165, 1.54) is 0 Å². The molecule has 2 aromatic carbocycles. The first-order valence-electron chi connectivity index (χ1n) is 8.84. The molecular formula is C22H26N2O2. The third-order valence-electron chi connectivity index (χ3n) is 4.35. The van der Waals surface area contributed by atoms with E-state index in [-0.39, 0.29) is 17.7 Å². The summed E-state index contributed by atoms with van der Waals surface area (Å²) in [7, 11) is 0. The van der Waals surface area contributed by atoms with E-state index in [9.17, 15) is 9.59 Å². The highest BCUT2D eigenvalue weighted by molar-refractivity contribution is 6.00. The van der Waals surface area contributed by atoms with E-state index >= 15 is 0 Å². The second-order valence-corrected chi connectivity index (χ2v) is 6.41. The van der Waals surface area contributed by atoms with Gasteiger partial charge in [0.15, 0.2) is 5.78 Å². The largest absolute Gasteiger partial charge is 0.334 e. The maximum atomic E-state index is 12.4. The van der Waals surface area contributed by atoms with Crippen molar-refractivity contribution in [3.63, 3.8) is 0 Å². The summed E-state index contributed by atoms with van der Waals surface area (Å²) in [4.78, 5) is 24.5. The predicted molar refractivity (Wildman–Crippen MR) is 107 cm³/mol. The highest BCUT2D eigenvalue weighted by Gasteiger charge is 2.15. The Balaban J connectivity index is 2.01. The highest BCUT2D eigenvalue weighted by Crippen LogP contribution is 2.18. The first kappa shape index (κ1) is 19.4. The summed E-state index contributed by atoms with van der Waals surface area (Å²) in [5, 5.41) is 5.65. The molecule has 2 N–H and O–H groups in total. The Morgan fingerprint density at radius 1 is 1.15 bits per heavy atom. The quantitative estimate of drug-likeness (QED) is 0.552. The molecule has 0 aliphatic carbocycles. The van der Waals surface area contributed by atoms with E-state index in [2.05, 4.69) is 17.2 Å². The van der Waals surface area contributed by atoms with Crippen LogP contribution in [0.4, 0.5) is 10.5 Å². The summed E-state index contributed by atoms with van der Waals surface area (Å²) < 4.78 is 0. The molecule has 0 spiro atoms. The maximum absolute atomic E-state index is 12.4. The second-order valence-electron chi connectivity index (χ2n) is 6.41. The minimum atomic E-state index is -0.257. The molecule has 26 heavy (non-hydrogen) atoms. The molecule has 136 valence electrons. The lowest BCUT2D eigenvalue weighted by Gasteiger charge is -2.13. The molecule has 0 aliphatic heterocycles. The Bertz CT molecular complexity index is 794. The summed E-state index contributed by atoms with van der Waals surface area (Å²) in [6.45, 7) is 9.96. The Morgan fingerprint density at radius 3 is 2.46 bits per heavy atom. The van der Waals surface area contributed by atoms with Crippen molar-refractivity contribution in [2.45, 2.75) is 33.7 Å². The van der Waals surface area contributed by atoms with E-state index in [4.69, 9.17) is 0 Å². The lowest BCUT2D eigenvalue weighted by molar-refractivity contribution is 0.0952. The van der Waals surface area contributed by atoms with Crippen molar-refractivity contribution >= 4 is 17.5 Å². The van der Waals surface area contributed by atoms with Crippen LogP contribution in [-0.4, -0.2) is 11.8 Å². The molecule has 0 saturated heterocycles. The average Bonchev–Trinajstić information content (AvgIpc) is 2.66. The SMILES string of the molecule is C=CC(C)C(=O)c1ccc(CNC(=O)Nc2ccc(C)cc2)cc1CC. The van der Waals surface area contributed by atoms with Crippen LogP contribution in [0.2, 0.25) is 0 Å². The van der Waals surface area contributed by atoms with E-state index in [1.807, 2.05) is 63.2 Å². The van der Waals surface area contributed by atoms with Crippen LogP contribution in [0, 0.1) is 12.8 Å². The topological polar surface area (TPSA) is 58.2 Å². The van der Waals surface area contributed by atoms with E-state index in [1.54, 1.807) is 6.08 Å². The van der Waals surface area contributed by atoms with Gasteiger partial charge in [-0.1, -0.05) is 55.8 Å². The molecule has 0 heterocycles. The van der Waals surface area contributed by atoms with Crippen LogP contribution in [0.3, 0.4) is 0 Å². The number of hydrogen-bond donors (Lipinski definition) is 2. The summed E-state index contributed by atoms with van der Waals surface area (Å²) in [6.07, 6.45) is 2.42. The minimum absolute atomic E-state index is 0.0773. The van der Waals surface area contributed by atoms with Gasteiger partial charge < -0.3 is 10.6 Å². The van der Waals surface area contributed by atoms with Crippen molar-refractivity contribution in [2.24, 2.45) is 5.92 Å². The number of carbonyl (C=O) groups excluding carboxylic acids is 2.